The molecule has 2 aromatic carbocycles. The van der Waals surface area contributed by atoms with E-state index in [9.17, 15) is 13.6 Å². The van der Waals surface area contributed by atoms with E-state index in [1.165, 1.54) is 18.2 Å². The zero-order valence-corrected chi connectivity index (χ0v) is 11.5. The first-order valence-electron chi connectivity index (χ1n) is 6.56. The minimum atomic E-state index is -0.629. The summed E-state index contributed by atoms with van der Waals surface area (Å²) in [7, 11) is 0. The van der Waals surface area contributed by atoms with Crippen LogP contribution in [-0.2, 0) is 11.3 Å². The summed E-state index contributed by atoms with van der Waals surface area (Å²) in [5.74, 6) is -1.73. The van der Waals surface area contributed by atoms with E-state index in [-0.39, 0.29) is 18.7 Å². The zero-order valence-electron chi connectivity index (χ0n) is 11.5. The number of hydrogen-bond acceptors (Lipinski definition) is 3. The third-order valence-corrected chi connectivity index (χ3v) is 2.94. The molecule has 21 heavy (non-hydrogen) atoms. The Labute approximate surface area is 121 Å². The van der Waals surface area contributed by atoms with Crippen LogP contribution in [0, 0.1) is 11.6 Å². The highest BCUT2D eigenvalue weighted by molar-refractivity contribution is 5.95. The van der Waals surface area contributed by atoms with Crippen molar-refractivity contribution in [3.05, 3.63) is 65.2 Å². The molecule has 110 valence electrons. The smallest absolute Gasteiger partial charge is 0.340 e. The molecule has 3 nitrogen and oxygen atoms in total. The summed E-state index contributed by atoms with van der Waals surface area (Å²) in [6.07, 6.45) is 0. The van der Waals surface area contributed by atoms with Gasteiger partial charge in [-0.2, -0.15) is 0 Å². The summed E-state index contributed by atoms with van der Waals surface area (Å²) in [4.78, 5) is 11.8. The molecule has 0 unspecified atom stereocenters. The number of anilines is 1. The Hall–Kier alpha value is -2.43. The third kappa shape index (κ3) is 3.56. The van der Waals surface area contributed by atoms with Crippen LogP contribution in [0.4, 0.5) is 14.5 Å². The molecule has 0 aliphatic carbocycles. The maximum atomic E-state index is 13.6. The van der Waals surface area contributed by atoms with Crippen molar-refractivity contribution in [2.24, 2.45) is 0 Å². The molecule has 0 radical (unpaired) electrons. The molecule has 0 aliphatic heterocycles. The maximum absolute atomic E-state index is 13.6. The first-order chi connectivity index (χ1) is 10.1. The topological polar surface area (TPSA) is 38.3 Å². The van der Waals surface area contributed by atoms with Crippen LogP contribution in [0.15, 0.2) is 42.5 Å². The van der Waals surface area contributed by atoms with E-state index in [0.717, 1.165) is 0 Å². The number of carbonyl (C=O) groups is 1. The lowest BCUT2D eigenvalue weighted by molar-refractivity contribution is 0.0527. The van der Waals surface area contributed by atoms with Crippen molar-refractivity contribution in [2.45, 2.75) is 13.5 Å². The van der Waals surface area contributed by atoms with Crippen LogP contribution in [0.5, 0.6) is 0 Å². The number of para-hydroxylation sites is 1. The number of halogens is 2. The molecular weight excluding hydrogens is 276 g/mol. The molecule has 1 N–H and O–H groups in total. The standard InChI is InChI=1S/C16H15F2NO2/c1-2-21-16(20)11-6-3-4-9-15(11)19-10-12-13(17)7-5-8-14(12)18/h3-9,19H,2,10H2,1H3. The lowest BCUT2D eigenvalue weighted by Gasteiger charge is -2.12. The van der Waals surface area contributed by atoms with Crippen LogP contribution in [0.1, 0.15) is 22.8 Å². The van der Waals surface area contributed by atoms with Gasteiger partial charge in [-0.15, -0.1) is 0 Å². The van der Waals surface area contributed by atoms with Gasteiger partial charge in [-0.25, -0.2) is 13.6 Å². The average molecular weight is 291 g/mol. The van der Waals surface area contributed by atoms with Gasteiger partial charge < -0.3 is 10.1 Å². The van der Waals surface area contributed by atoms with Gasteiger partial charge in [0.2, 0.25) is 0 Å². The molecule has 0 aliphatic rings. The molecule has 0 saturated heterocycles. The molecule has 5 heteroatoms. The first-order valence-corrected chi connectivity index (χ1v) is 6.56. The zero-order chi connectivity index (χ0) is 15.2. The van der Waals surface area contributed by atoms with Crippen LogP contribution in [0.2, 0.25) is 0 Å². The fraction of sp³-hybridized carbons (Fsp3) is 0.188. The highest BCUT2D eigenvalue weighted by Crippen LogP contribution is 2.19. The van der Waals surface area contributed by atoms with Gasteiger partial charge in [0.25, 0.3) is 0 Å². The van der Waals surface area contributed by atoms with Crippen molar-refractivity contribution >= 4 is 11.7 Å². The lowest BCUT2D eigenvalue weighted by Crippen LogP contribution is -2.11. The van der Waals surface area contributed by atoms with E-state index >= 15 is 0 Å². The molecule has 0 aromatic heterocycles. The normalized spacial score (nSPS) is 10.2. The highest BCUT2D eigenvalue weighted by atomic mass is 19.1. The Balaban J connectivity index is 2.19. The second-order valence-corrected chi connectivity index (χ2v) is 4.32. The molecule has 2 rings (SSSR count). The Bertz CT molecular complexity index is 624. The summed E-state index contributed by atoms with van der Waals surface area (Å²) in [6.45, 7) is 1.91. The summed E-state index contributed by atoms with van der Waals surface area (Å²) < 4.78 is 32.1. The SMILES string of the molecule is CCOC(=O)c1ccccc1NCc1c(F)cccc1F. The van der Waals surface area contributed by atoms with E-state index in [1.807, 2.05) is 0 Å². The fourth-order valence-corrected chi connectivity index (χ4v) is 1.91. The van der Waals surface area contributed by atoms with Gasteiger partial charge >= 0.3 is 5.97 Å². The van der Waals surface area contributed by atoms with E-state index in [2.05, 4.69) is 5.32 Å². The average Bonchev–Trinajstić information content (AvgIpc) is 2.47. The molecule has 0 atom stereocenters. The predicted molar refractivity (Wildman–Crippen MR) is 76.1 cm³/mol. The highest BCUT2D eigenvalue weighted by Gasteiger charge is 2.13. The van der Waals surface area contributed by atoms with E-state index in [0.29, 0.717) is 11.3 Å². The number of nitrogens with one attached hydrogen (secondary N) is 1. The second kappa shape index (κ2) is 6.83. The maximum Gasteiger partial charge on any atom is 0.340 e. The van der Waals surface area contributed by atoms with Crippen LogP contribution in [0.3, 0.4) is 0 Å². The van der Waals surface area contributed by atoms with E-state index in [1.54, 1.807) is 31.2 Å². The molecule has 0 bridgehead atoms. The number of hydrogen-bond donors (Lipinski definition) is 1. The van der Waals surface area contributed by atoms with Crippen LogP contribution in [0.25, 0.3) is 0 Å². The van der Waals surface area contributed by atoms with Gasteiger partial charge in [-0.3, -0.25) is 0 Å². The number of ether oxygens (including phenoxy) is 1. The van der Waals surface area contributed by atoms with Crippen molar-refractivity contribution in [3.8, 4) is 0 Å². The van der Waals surface area contributed by atoms with Crippen LogP contribution >= 0.6 is 0 Å². The molecule has 0 heterocycles. The van der Waals surface area contributed by atoms with Crippen molar-refractivity contribution in [1.29, 1.82) is 0 Å². The lowest BCUT2D eigenvalue weighted by atomic mass is 10.1. The molecular formula is C16H15F2NO2. The van der Waals surface area contributed by atoms with Crippen molar-refractivity contribution in [3.63, 3.8) is 0 Å². The fourth-order valence-electron chi connectivity index (χ4n) is 1.91. The minimum Gasteiger partial charge on any atom is -0.462 e. The molecule has 0 spiro atoms. The largest absolute Gasteiger partial charge is 0.462 e. The van der Waals surface area contributed by atoms with Gasteiger partial charge in [0, 0.05) is 17.8 Å². The summed E-state index contributed by atoms with van der Waals surface area (Å²) in [5, 5.41) is 2.87. The monoisotopic (exact) mass is 291 g/mol. The van der Waals surface area contributed by atoms with Gasteiger partial charge in [-0.05, 0) is 31.2 Å². The Morgan fingerprint density at radius 2 is 1.76 bits per heavy atom. The number of esters is 1. The second-order valence-electron chi connectivity index (χ2n) is 4.32. The molecule has 0 fully saturated rings. The Morgan fingerprint density at radius 1 is 1.10 bits per heavy atom. The van der Waals surface area contributed by atoms with E-state index in [4.69, 9.17) is 4.74 Å². The van der Waals surface area contributed by atoms with Crippen LogP contribution < -0.4 is 5.32 Å². The summed E-state index contributed by atoms with van der Waals surface area (Å²) in [6, 6.07) is 10.4. The van der Waals surface area contributed by atoms with Gasteiger partial charge in [-0.1, -0.05) is 18.2 Å². The molecule has 2 aromatic rings. The third-order valence-electron chi connectivity index (χ3n) is 2.94. The quantitative estimate of drug-likeness (QED) is 0.853. The molecule has 0 amide bonds. The van der Waals surface area contributed by atoms with Gasteiger partial charge in [0.15, 0.2) is 0 Å². The van der Waals surface area contributed by atoms with Crippen molar-refractivity contribution in [1.82, 2.24) is 0 Å². The number of rotatable bonds is 5. The van der Waals surface area contributed by atoms with Crippen LogP contribution in [-0.4, -0.2) is 12.6 Å². The summed E-state index contributed by atoms with van der Waals surface area (Å²) >= 11 is 0. The predicted octanol–water partition coefficient (Wildman–Crippen LogP) is 3.75. The van der Waals surface area contributed by atoms with Crippen molar-refractivity contribution in [2.75, 3.05) is 11.9 Å². The summed E-state index contributed by atoms with van der Waals surface area (Å²) in [5.41, 5.74) is 0.728. The van der Waals surface area contributed by atoms with Crippen molar-refractivity contribution < 1.29 is 18.3 Å². The number of benzene rings is 2. The van der Waals surface area contributed by atoms with Gasteiger partial charge in [0.1, 0.15) is 11.6 Å². The minimum absolute atomic E-state index is 0.0606. The van der Waals surface area contributed by atoms with Gasteiger partial charge in [0.05, 0.1) is 12.2 Å². The Morgan fingerprint density at radius 3 is 2.43 bits per heavy atom. The van der Waals surface area contributed by atoms with E-state index < -0.39 is 17.6 Å². The first kappa shape index (κ1) is 15.0. The molecule has 0 saturated carbocycles. The Kier molecular flexibility index (Phi) is 4.87. The number of carbonyl (C=O) groups excluding carboxylic acids is 1.